The van der Waals surface area contributed by atoms with Crippen LogP contribution < -0.4 is 11.2 Å². The minimum atomic E-state index is -4.64. The van der Waals surface area contributed by atoms with E-state index in [1.165, 1.54) is 33.9 Å². The Balaban J connectivity index is 1.86. The second-order valence-electron chi connectivity index (χ2n) is 8.04. The van der Waals surface area contributed by atoms with Gasteiger partial charge in [0, 0.05) is 35.6 Å². The summed E-state index contributed by atoms with van der Waals surface area (Å²) in [5, 5.41) is 23.4. The van der Waals surface area contributed by atoms with E-state index in [-0.39, 0.29) is 44.9 Å². The number of aryl methyl sites for hydroxylation is 2. The summed E-state index contributed by atoms with van der Waals surface area (Å²) in [6.45, 7) is -0.0647. The topological polar surface area (TPSA) is 122 Å². The summed E-state index contributed by atoms with van der Waals surface area (Å²) < 4.78 is 43.9. The molecule has 1 aromatic carbocycles. The van der Waals surface area contributed by atoms with Gasteiger partial charge in [0.2, 0.25) is 0 Å². The molecule has 4 aromatic heterocycles. The van der Waals surface area contributed by atoms with Crippen LogP contribution in [0.25, 0.3) is 37.2 Å². The highest BCUT2D eigenvalue weighted by molar-refractivity contribution is 7.22. The lowest BCUT2D eigenvalue weighted by Crippen LogP contribution is -2.38. The number of rotatable bonds is 4. The predicted molar refractivity (Wildman–Crippen MR) is 129 cm³/mol. The zero-order valence-corrected chi connectivity index (χ0v) is 19.8. The Morgan fingerprint density at radius 3 is 2.59 bits per heavy atom. The van der Waals surface area contributed by atoms with Crippen molar-refractivity contribution in [2.75, 3.05) is 0 Å². The standard InChI is InChI=1S/C24H14F3N7O2S/c1-32-20-14(11-31-32)10-30-12-18(20)34-22(35)21-17(33(23(34)36)6-2-5-28)8-19(37-21)16-7-15(24(25,26)27)4-3-13(16)9-29/h3-4,7-8,10-12H,2,6H2,1H3. The molecule has 0 radical (unpaired) electrons. The molecule has 0 aliphatic rings. The molecular formula is C24H14F3N7O2S. The van der Waals surface area contributed by atoms with Crippen LogP contribution in [0, 0.1) is 22.7 Å². The Morgan fingerprint density at radius 2 is 1.89 bits per heavy atom. The number of nitriles is 2. The van der Waals surface area contributed by atoms with Crippen LogP contribution in [0.3, 0.4) is 0 Å². The molecule has 4 heterocycles. The maximum Gasteiger partial charge on any atom is 0.416 e. The van der Waals surface area contributed by atoms with Crippen molar-refractivity contribution in [3.63, 3.8) is 0 Å². The largest absolute Gasteiger partial charge is 0.416 e. The van der Waals surface area contributed by atoms with Crippen LogP contribution in [0.2, 0.25) is 0 Å². The summed E-state index contributed by atoms with van der Waals surface area (Å²) in [7, 11) is 1.64. The average Bonchev–Trinajstić information content (AvgIpc) is 3.48. The first kappa shape index (κ1) is 24.0. The van der Waals surface area contributed by atoms with E-state index in [2.05, 4.69) is 10.1 Å². The van der Waals surface area contributed by atoms with Gasteiger partial charge in [-0.3, -0.25) is 19.0 Å². The van der Waals surface area contributed by atoms with Gasteiger partial charge in [-0.25, -0.2) is 9.36 Å². The van der Waals surface area contributed by atoms with Gasteiger partial charge in [-0.15, -0.1) is 11.3 Å². The van der Waals surface area contributed by atoms with Crippen LogP contribution in [-0.4, -0.2) is 23.9 Å². The van der Waals surface area contributed by atoms with E-state index >= 15 is 0 Å². The number of benzene rings is 1. The molecule has 0 amide bonds. The van der Waals surface area contributed by atoms with E-state index in [1.54, 1.807) is 7.05 Å². The number of pyridine rings is 1. The minimum Gasteiger partial charge on any atom is -0.291 e. The third kappa shape index (κ3) is 3.86. The highest BCUT2D eigenvalue weighted by atomic mass is 32.1. The van der Waals surface area contributed by atoms with Crippen molar-refractivity contribution >= 4 is 32.5 Å². The zero-order chi connectivity index (χ0) is 26.5. The second-order valence-corrected chi connectivity index (χ2v) is 9.09. The van der Waals surface area contributed by atoms with E-state index in [9.17, 15) is 28.0 Å². The van der Waals surface area contributed by atoms with E-state index in [0.29, 0.717) is 10.9 Å². The van der Waals surface area contributed by atoms with E-state index in [0.717, 1.165) is 34.1 Å². The number of nitrogens with zero attached hydrogens (tertiary/aromatic N) is 7. The molecule has 0 N–H and O–H groups in total. The number of halogens is 3. The molecule has 0 unspecified atom stereocenters. The van der Waals surface area contributed by atoms with Gasteiger partial charge in [-0.2, -0.15) is 28.8 Å². The fourth-order valence-electron chi connectivity index (χ4n) is 4.17. The van der Waals surface area contributed by atoms with Crippen molar-refractivity contribution in [1.29, 1.82) is 10.5 Å². The lowest BCUT2D eigenvalue weighted by atomic mass is 10.0. The smallest absolute Gasteiger partial charge is 0.291 e. The number of alkyl halides is 3. The van der Waals surface area contributed by atoms with Gasteiger partial charge in [-0.05, 0) is 24.3 Å². The molecule has 9 nitrogen and oxygen atoms in total. The van der Waals surface area contributed by atoms with Gasteiger partial charge in [0.1, 0.15) is 4.70 Å². The first-order valence-electron chi connectivity index (χ1n) is 10.7. The molecule has 13 heteroatoms. The average molecular weight is 521 g/mol. The Bertz CT molecular complexity index is 1920. The van der Waals surface area contributed by atoms with Crippen LogP contribution >= 0.6 is 11.3 Å². The maximum atomic E-state index is 13.7. The molecule has 0 saturated carbocycles. The lowest BCUT2D eigenvalue weighted by Gasteiger charge is -2.12. The van der Waals surface area contributed by atoms with Crippen LogP contribution in [0.4, 0.5) is 13.2 Å². The Kier molecular flexibility index (Phi) is 5.65. The van der Waals surface area contributed by atoms with Gasteiger partial charge >= 0.3 is 11.9 Å². The number of aromatic nitrogens is 5. The Morgan fingerprint density at radius 1 is 1.11 bits per heavy atom. The molecule has 5 rings (SSSR count). The highest BCUT2D eigenvalue weighted by Gasteiger charge is 2.31. The van der Waals surface area contributed by atoms with Crippen molar-refractivity contribution in [2.45, 2.75) is 19.1 Å². The summed E-state index contributed by atoms with van der Waals surface area (Å²) in [4.78, 5) is 31.6. The molecule has 0 spiro atoms. The maximum absolute atomic E-state index is 13.7. The minimum absolute atomic E-state index is 0.0147. The quantitative estimate of drug-likeness (QED) is 0.353. The second kappa shape index (κ2) is 8.72. The third-order valence-electron chi connectivity index (χ3n) is 5.86. The van der Waals surface area contributed by atoms with Crippen LogP contribution in [0.15, 0.2) is 52.4 Å². The number of hydrogen-bond acceptors (Lipinski definition) is 7. The van der Waals surface area contributed by atoms with Gasteiger partial charge in [0.05, 0.1) is 58.8 Å². The fraction of sp³-hybridized carbons (Fsp3) is 0.167. The van der Waals surface area contributed by atoms with Crippen LogP contribution in [0.1, 0.15) is 17.5 Å². The van der Waals surface area contributed by atoms with Crippen molar-refractivity contribution in [1.82, 2.24) is 23.9 Å². The van der Waals surface area contributed by atoms with E-state index in [1.807, 2.05) is 12.1 Å². The van der Waals surface area contributed by atoms with Crippen LogP contribution in [-0.2, 0) is 19.8 Å². The molecule has 0 fully saturated rings. The number of hydrogen-bond donors (Lipinski definition) is 0. The molecule has 184 valence electrons. The summed E-state index contributed by atoms with van der Waals surface area (Å²) in [6, 6.07) is 7.97. The normalized spacial score (nSPS) is 11.6. The van der Waals surface area contributed by atoms with Crippen LogP contribution in [0.5, 0.6) is 0 Å². The summed E-state index contributed by atoms with van der Waals surface area (Å²) in [5.41, 5.74) is -1.62. The number of thiophene rings is 1. The molecule has 0 aliphatic carbocycles. The molecule has 5 aromatic rings. The summed E-state index contributed by atoms with van der Waals surface area (Å²) >= 11 is 0.865. The predicted octanol–water partition coefficient (Wildman–Crippen LogP) is 3.97. The summed E-state index contributed by atoms with van der Waals surface area (Å²) in [5.74, 6) is 0. The lowest BCUT2D eigenvalue weighted by molar-refractivity contribution is -0.137. The zero-order valence-electron chi connectivity index (χ0n) is 18.9. The highest BCUT2D eigenvalue weighted by Crippen LogP contribution is 2.38. The van der Waals surface area contributed by atoms with Gasteiger partial charge in [-0.1, -0.05) is 0 Å². The molecule has 0 atom stereocenters. The third-order valence-corrected chi connectivity index (χ3v) is 7.01. The van der Waals surface area contributed by atoms with E-state index < -0.39 is 23.0 Å². The first-order chi connectivity index (χ1) is 17.7. The Labute approximate surface area is 209 Å². The molecule has 0 saturated heterocycles. The van der Waals surface area contributed by atoms with Crippen molar-refractivity contribution < 1.29 is 13.2 Å². The monoisotopic (exact) mass is 521 g/mol. The molecule has 37 heavy (non-hydrogen) atoms. The van der Waals surface area contributed by atoms with E-state index in [4.69, 9.17) is 5.26 Å². The summed E-state index contributed by atoms with van der Waals surface area (Å²) in [6.07, 6.45) is -0.286. The molecule has 0 bridgehead atoms. The SMILES string of the molecule is Cn1ncc2cncc(-n3c(=O)c4sc(-c5cc(C(F)(F)F)ccc5C#N)cc4n(CCC#N)c3=O)c21. The van der Waals surface area contributed by atoms with Gasteiger partial charge in [0.15, 0.2) is 0 Å². The van der Waals surface area contributed by atoms with Crippen molar-refractivity contribution in [3.8, 4) is 28.3 Å². The van der Waals surface area contributed by atoms with Crippen molar-refractivity contribution in [2.24, 2.45) is 7.05 Å². The molecule has 0 aliphatic heterocycles. The van der Waals surface area contributed by atoms with Crippen molar-refractivity contribution in [3.05, 3.63) is 74.8 Å². The van der Waals surface area contributed by atoms with Gasteiger partial charge in [0.25, 0.3) is 5.56 Å². The fourth-order valence-corrected chi connectivity index (χ4v) is 5.29. The Hall–Kier alpha value is -4.75. The number of fused-ring (bicyclic) bond motifs is 2. The van der Waals surface area contributed by atoms with Gasteiger partial charge < -0.3 is 0 Å². The molecular weight excluding hydrogens is 507 g/mol. The first-order valence-corrected chi connectivity index (χ1v) is 11.5.